The first kappa shape index (κ1) is 16.1. The Morgan fingerprint density at radius 3 is 2.85 bits per heavy atom. The molecule has 2 aromatic carbocycles. The molecule has 1 aromatic heterocycles. The van der Waals surface area contributed by atoms with Crippen molar-refractivity contribution in [2.75, 3.05) is 23.9 Å². The van der Waals surface area contributed by atoms with Crippen LogP contribution in [0.3, 0.4) is 0 Å². The van der Waals surface area contributed by atoms with E-state index in [1.807, 2.05) is 0 Å². The Balaban J connectivity index is 1.65. The maximum absolute atomic E-state index is 13.4. The van der Waals surface area contributed by atoms with E-state index < -0.39 is 11.7 Å². The van der Waals surface area contributed by atoms with Gasteiger partial charge < -0.3 is 19.4 Å². The first-order valence-electron chi connectivity index (χ1n) is 7.97. The minimum Gasteiger partial charge on any atom is -0.482 e. The maximum Gasteiger partial charge on any atom is 0.291 e. The number of ether oxygens (including phenoxy) is 1. The van der Waals surface area contributed by atoms with E-state index in [-0.39, 0.29) is 18.3 Å². The summed E-state index contributed by atoms with van der Waals surface area (Å²) < 4.78 is 24.3. The standard InChI is InChI=1S/C19H15FN2O4/c1-10-13-7-11(20)3-5-15(13)26-18(10)19(24)21-12-4-6-16-14(8-12)22(2)17(23)9-25-16/h3-8H,9H2,1-2H3,(H,21,24). The lowest BCUT2D eigenvalue weighted by Gasteiger charge is -2.26. The fourth-order valence-electron chi connectivity index (χ4n) is 2.95. The molecule has 0 aliphatic carbocycles. The number of likely N-dealkylation sites (N-methyl/N-ethyl adjacent to an activating group) is 1. The third-order valence-corrected chi connectivity index (χ3v) is 4.41. The molecule has 6 nitrogen and oxygen atoms in total. The highest BCUT2D eigenvalue weighted by molar-refractivity contribution is 6.07. The Kier molecular flexibility index (Phi) is 3.64. The largest absolute Gasteiger partial charge is 0.482 e. The normalized spacial score (nSPS) is 13.5. The van der Waals surface area contributed by atoms with Crippen LogP contribution in [0.25, 0.3) is 11.0 Å². The second-order valence-corrected chi connectivity index (χ2v) is 6.07. The van der Waals surface area contributed by atoms with E-state index >= 15 is 0 Å². The van der Waals surface area contributed by atoms with Gasteiger partial charge in [0.05, 0.1) is 5.69 Å². The van der Waals surface area contributed by atoms with Gasteiger partial charge >= 0.3 is 0 Å². The molecule has 2 amide bonds. The molecule has 0 unspecified atom stereocenters. The first-order valence-corrected chi connectivity index (χ1v) is 7.97. The van der Waals surface area contributed by atoms with Gasteiger partial charge in [-0.05, 0) is 43.3 Å². The molecule has 0 radical (unpaired) electrons. The van der Waals surface area contributed by atoms with Gasteiger partial charge in [0.15, 0.2) is 12.4 Å². The molecule has 1 aliphatic heterocycles. The van der Waals surface area contributed by atoms with Crippen LogP contribution < -0.4 is 15.0 Å². The predicted molar refractivity (Wildman–Crippen MR) is 94.2 cm³/mol. The Hall–Kier alpha value is -3.35. The topological polar surface area (TPSA) is 71.8 Å². The number of halogens is 1. The minimum absolute atomic E-state index is 0.00998. The zero-order valence-electron chi connectivity index (χ0n) is 14.1. The molecule has 4 rings (SSSR count). The van der Waals surface area contributed by atoms with Gasteiger partial charge in [-0.25, -0.2) is 4.39 Å². The Morgan fingerprint density at radius 2 is 2.04 bits per heavy atom. The maximum atomic E-state index is 13.4. The molecule has 0 spiro atoms. The third kappa shape index (κ3) is 2.57. The third-order valence-electron chi connectivity index (χ3n) is 4.41. The van der Waals surface area contributed by atoms with Crippen molar-refractivity contribution in [3.63, 3.8) is 0 Å². The van der Waals surface area contributed by atoms with Crippen LogP contribution in [-0.4, -0.2) is 25.5 Å². The first-order chi connectivity index (χ1) is 12.4. The van der Waals surface area contributed by atoms with Gasteiger partial charge in [0.2, 0.25) is 0 Å². The van der Waals surface area contributed by atoms with E-state index in [2.05, 4.69) is 5.32 Å². The number of aryl methyl sites for hydroxylation is 1. The number of anilines is 2. The van der Waals surface area contributed by atoms with Gasteiger partial charge in [-0.3, -0.25) is 9.59 Å². The molecule has 0 fully saturated rings. The van der Waals surface area contributed by atoms with Crippen molar-refractivity contribution < 1.29 is 23.1 Å². The van der Waals surface area contributed by atoms with Crippen LogP contribution in [0.1, 0.15) is 16.1 Å². The Morgan fingerprint density at radius 1 is 1.23 bits per heavy atom. The number of benzene rings is 2. The number of carbonyl (C=O) groups is 2. The smallest absolute Gasteiger partial charge is 0.291 e. The van der Waals surface area contributed by atoms with Crippen molar-refractivity contribution >= 4 is 34.2 Å². The summed E-state index contributed by atoms with van der Waals surface area (Å²) >= 11 is 0. The number of hydrogen-bond donors (Lipinski definition) is 1. The van der Waals surface area contributed by atoms with E-state index in [0.29, 0.717) is 33.7 Å². The van der Waals surface area contributed by atoms with Crippen LogP contribution in [0.2, 0.25) is 0 Å². The Bertz CT molecular complexity index is 1060. The van der Waals surface area contributed by atoms with Crippen molar-refractivity contribution in [1.29, 1.82) is 0 Å². The van der Waals surface area contributed by atoms with Gasteiger partial charge in [0.1, 0.15) is 17.1 Å². The van der Waals surface area contributed by atoms with Crippen molar-refractivity contribution in [3.8, 4) is 5.75 Å². The van der Waals surface area contributed by atoms with E-state index in [0.717, 1.165) is 0 Å². The number of furan rings is 1. The lowest BCUT2D eigenvalue weighted by Crippen LogP contribution is -2.35. The molecule has 0 atom stereocenters. The van der Waals surface area contributed by atoms with Crippen LogP contribution in [0.15, 0.2) is 40.8 Å². The summed E-state index contributed by atoms with van der Waals surface area (Å²) in [4.78, 5) is 25.8. The summed E-state index contributed by atoms with van der Waals surface area (Å²) in [7, 11) is 1.65. The number of nitrogens with zero attached hydrogens (tertiary/aromatic N) is 1. The van der Waals surface area contributed by atoms with Crippen molar-refractivity contribution in [1.82, 2.24) is 0 Å². The number of hydrogen-bond acceptors (Lipinski definition) is 4. The number of amides is 2. The number of nitrogens with one attached hydrogen (secondary N) is 1. The lowest BCUT2D eigenvalue weighted by atomic mass is 10.1. The van der Waals surface area contributed by atoms with Crippen molar-refractivity contribution in [2.45, 2.75) is 6.92 Å². The van der Waals surface area contributed by atoms with Crippen molar-refractivity contribution in [3.05, 3.63) is 53.5 Å². The Labute approximate surface area is 148 Å². The van der Waals surface area contributed by atoms with Crippen LogP contribution >= 0.6 is 0 Å². The van der Waals surface area contributed by atoms with E-state index in [4.69, 9.17) is 9.15 Å². The molecular formula is C19H15FN2O4. The molecule has 1 N–H and O–H groups in total. The second-order valence-electron chi connectivity index (χ2n) is 6.07. The monoisotopic (exact) mass is 354 g/mol. The second kappa shape index (κ2) is 5.87. The summed E-state index contributed by atoms with van der Waals surface area (Å²) in [6.45, 7) is 1.69. The van der Waals surface area contributed by atoms with Gasteiger partial charge in [-0.2, -0.15) is 0 Å². The minimum atomic E-state index is -0.454. The molecular weight excluding hydrogens is 339 g/mol. The summed E-state index contributed by atoms with van der Waals surface area (Å²) in [5.41, 5.74) is 2.07. The molecule has 2 heterocycles. The quantitative estimate of drug-likeness (QED) is 0.765. The lowest BCUT2D eigenvalue weighted by molar-refractivity contribution is -0.120. The fourth-order valence-corrected chi connectivity index (χ4v) is 2.95. The van der Waals surface area contributed by atoms with Gasteiger partial charge in [-0.15, -0.1) is 0 Å². The van der Waals surface area contributed by atoms with Crippen LogP contribution in [0.4, 0.5) is 15.8 Å². The zero-order valence-corrected chi connectivity index (χ0v) is 14.1. The predicted octanol–water partition coefficient (Wildman–Crippen LogP) is 3.49. The molecule has 26 heavy (non-hydrogen) atoms. The van der Waals surface area contributed by atoms with Crippen LogP contribution in [0, 0.1) is 12.7 Å². The summed E-state index contributed by atoms with van der Waals surface area (Å²) in [5.74, 6) is -0.332. The number of carbonyl (C=O) groups excluding carboxylic acids is 2. The molecule has 132 valence electrons. The van der Waals surface area contributed by atoms with Gasteiger partial charge in [0, 0.05) is 23.7 Å². The average molecular weight is 354 g/mol. The zero-order chi connectivity index (χ0) is 18.4. The van der Waals surface area contributed by atoms with Crippen LogP contribution in [0.5, 0.6) is 5.75 Å². The van der Waals surface area contributed by atoms with E-state index in [1.54, 1.807) is 32.2 Å². The highest BCUT2D eigenvalue weighted by Crippen LogP contribution is 2.34. The highest BCUT2D eigenvalue weighted by Gasteiger charge is 2.23. The number of rotatable bonds is 2. The van der Waals surface area contributed by atoms with E-state index in [1.165, 1.54) is 23.1 Å². The average Bonchev–Trinajstić information content (AvgIpc) is 2.95. The molecule has 0 bridgehead atoms. The van der Waals surface area contributed by atoms with Gasteiger partial charge in [-0.1, -0.05) is 0 Å². The molecule has 0 saturated carbocycles. The summed E-state index contributed by atoms with van der Waals surface area (Å²) in [6.07, 6.45) is 0. The highest BCUT2D eigenvalue weighted by atomic mass is 19.1. The molecule has 1 aliphatic rings. The van der Waals surface area contributed by atoms with Crippen molar-refractivity contribution in [2.24, 2.45) is 0 Å². The molecule has 0 saturated heterocycles. The molecule has 3 aromatic rings. The summed E-state index contributed by atoms with van der Waals surface area (Å²) in [6, 6.07) is 9.13. The summed E-state index contributed by atoms with van der Waals surface area (Å²) in [5, 5.41) is 3.30. The van der Waals surface area contributed by atoms with E-state index in [9.17, 15) is 14.0 Å². The fraction of sp³-hybridized carbons (Fsp3) is 0.158. The van der Waals surface area contributed by atoms with Gasteiger partial charge in [0.25, 0.3) is 11.8 Å². The van der Waals surface area contributed by atoms with Crippen LogP contribution in [-0.2, 0) is 4.79 Å². The molecule has 7 heteroatoms. The number of fused-ring (bicyclic) bond motifs is 2. The SMILES string of the molecule is Cc1c(C(=O)Nc2ccc3c(c2)N(C)C(=O)CO3)oc2ccc(F)cc12.